The van der Waals surface area contributed by atoms with Crippen molar-refractivity contribution in [1.29, 1.82) is 0 Å². The molecule has 3 N–H and O–H groups in total. The third-order valence-corrected chi connectivity index (χ3v) is 4.51. The first-order chi connectivity index (χ1) is 8.95. The van der Waals surface area contributed by atoms with Crippen LogP contribution in [0.5, 0.6) is 0 Å². The summed E-state index contributed by atoms with van der Waals surface area (Å²) in [5, 5.41) is 3.26. The van der Waals surface area contributed by atoms with Gasteiger partial charge in [0.2, 0.25) is 5.91 Å². The van der Waals surface area contributed by atoms with Crippen LogP contribution < -0.4 is 11.1 Å². The Balaban J connectivity index is 2.29. The highest BCUT2D eigenvalue weighted by Gasteiger charge is 2.46. The van der Waals surface area contributed by atoms with E-state index >= 15 is 0 Å². The Hall–Kier alpha value is -1.58. The van der Waals surface area contributed by atoms with E-state index in [1.165, 1.54) is 12.1 Å². The van der Waals surface area contributed by atoms with E-state index in [2.05, 4.69) is 19.2 Å². The number of anilines is 1. The first kappa shape index (κ1) is 13.8. The molecule has 4 heteroatoms. The number of nitrogens with two attached hydrogens (primary N) is 1. The molecule has 1 amide bonds. The van der Waals surface area contributed by atoms with Gasteiger partial charge in [-0.3, -0.25) is 4.79 Å². The molecule has 104 valence electrons. The van der Waals surface area contributed by atoms with Crippen molar-refractivity contribution >= 4 is 11.6 Å². The number of hydrogen-bond acceptors (Lipinski definition) is 2. The normalized spacial score (nSPS) is 30.9. The molecule has 0 radical (unpaired) electrons. The summed E-state index contributed by atoms with van der Waals surface area (Å²) in [6.07, 6.45) is 2.81. The van der Waals surface area contributed by atoms with Crippen molar-refractivity contribution in [2.45, 2.75) is 38.6 Å². The highest BCUT2D eigenvalue weighted by molar-refractivity contribution is 5.88. The monoisotopic (exact) mass is 264 g/mol. The van der Waals surface area contributed by atoms with Crippen molar-refractivity contribution in [2.75, 3.05) is 5.32 Å². The van der Waals surface area contributed by atoms with E-state index in [4.69, 9.17) is 5.73 Å². The van der Waals surface area contributed by atoms with Crippen molar-refractivity contribution in [3.8, 4) is 0 Å². The minimum atomic E-state index is -0.727. The Morgan fingerprint density at radius 2 is 2.00 bits per heavy atom. The topological polar surface area (TPSA) is 55.1 Å². The van der Waals surface area contributed by atoms with Gasteiger partial charge in [-0.05, 0) is 42.5 Å². The number of carbonyl (C=O) groups is 1. The summed E-state index contributed by atoms with van der Waals surface area (Å²) >= 11 is 0. The van der Waals surface area contributed by atoms with E-state index < -0.39 is 5.54 Å². The van der Waals surface area contributed by atoms with Gasteiger partial charge in [0.25, 0.3) is 0 Å². The van der Waals surface area contributed by atoms with Gasteiger partial charge < -0.3 is 11.1 Å². The Kier molecular flexibility index (Phi) is 3.78. The molecule has 3 atom stereocenters. The average molecular weight is 264 g/mol. The summed E-state index contributed by atoms with van der Waals surface area (Å²) in [6.45, 7) is 4.21. The number of carbonyl (C=O) groups excluding carboxylic acids is 1. The Bertz CT molecular complexity index is 460. The van der Waals surface area contributed by atoms with E-state index in [1.54, 1.807) is 12.1 Å². The molecule has 1 aliphatic carbocycles. The lowest BCUT2D eigenvalue weighted by Crippen LogP contribution is -2.58. The molecule has 0 saturated heterocycles. The number of nitrogens with one attached hydrogen (secondary N) is 1. The van der Waals surface area contributed by atoms with Gasteiger partial charge in [0.15, 0.2) is 0 Å². The second-order valence-electron chi connectivity index (χ2n) is 5.63. The van der Waals surface area contributed by atoms with Gasteiger partial charge in [-0.25, -0.2) is 4.39 Å². The predicted molar refractivity (Wildman–Crippen MR) is 74.1 cm³/mol. The zero-order chi connectivity index (χ0) is 14.0. The predicted octanol–water partition coefficient (Wildman–Crippen LogP) is 2.92. The maximum atomic E-state index is 12.9. The summed E-state index contributed by atoms with van der Waals surface area (Å²) < 4.78 is 12.9. The molecule has 0 bridgehead atoms. The quantitative estimate of drug-likeness (QED) is 0.882. The lowest BCUT2D eigenvalue weighted by molar-refractivity contribution is -0.125. The fourth-order valence-corrected chi connectivity index (χ4v) is 3.04. The minimum Gasteiger partial charge on any atom is -0.371 e. The molecular formula is C15H21FN2O. The van der Waals surface area contributed by atoms with Crippen molar-refractivity contribution in [2.24, 2.45) is 17.6 Å². The first-order valence-electron chi connectivity index (χ1n) is 6.79. The first-order valence-corrected chi connectivity index (χ1v) is 6.79. The molecule has 0 spiro atoms. The molecule has 0 aromatic heterocycles. The summed E-state index contributed by atoms with van der Waals surface area (Å²) in [5.41, 5.74) is 5.67. The largest absolute Gasteiger partial charge is 0.371 e. The molecule has 2 rings (SSSR count). The maximum Gasteiger partial charge on any atom is 0.243 e. The third-order valence-electron chi connectivity index (χ3n) is 4.51. The number of primary amides is 1. The second kappa shape index (κ2) is 5.19. The molecule has 1 fully saturated rings. The molecule has 3 nitrogen and oxygen atoms in total. The zero-order valence-electron chi connectivity index (χ0n) is 11.4. The SMILES string of the molecule is CC1CCCC(Nc2ccc(F)cc2)(C(N)=O)C1C. The fourth-order valence-electron chi connectivity index (χ4n) is 3.04. The van der Waals surface area contributed by atoms with Gasteiger partial charge in [-0.2, -0.15) is 0 Å². The van der Waals surface area contributed by atoms with Gasteiger partial charge in [0.05, 0.1) is 0 Å². The molecule has 1 aromatic carbocycles. The van der Waals surface area contributed by atoms with Crippen molar-refractivity contribution in [3.05, 3.63) is 30.1 Å². The number of halogens is 1. The zero-order valence-corrected chi connectivity index (χ0v) is 11.4. The molecule has 0 heterocycles. The van der Waals surface area contributed by atoms with E-state index in [9.17, 15) is 9.18 Å². The Labute approximate surface area is 113 Å². The lowest BCUT2D eigenvalue weighted by Gasteiger charge is -2.44. The second-order valence-corrected chi connectivity index (χ2v) is 5.63. The molecule has 3 unspecified atom stereocenters. The average Bonchev–Trinajstić information content (AvgIpc) is 2.37. The third kappa shape index (κ3) is 2.57. The van der Waals surface area contributed by atoms with Crippen molar-refractivity contribution in [1.82, 2.24) is 0 Å². The van der Waals surface area contributed by atoms with Crippen LogP contribution in [0.2, 0.25) is 0 Å². The van der Waals surface area contributed by atoms with Crippen LogP contribution in [0.4, 0.5) is 10.1 Å². The Morgan fingerprint density at radius 1 is 1.37 bits per heavy atom. The van der Waals surface area contributed by atoms with E-state index in [1.807, 2.05) is 0 Å². The smallest absolute Gasteiger partial charge is 0.243 e. The van der Waals surface area contributed by atoms with Crippen molar-refractivity contribution < 1.29 is 9.18 Å². The van der Waals surface area contributed by atoms with Gasteiger partial charge in [0, 0.05) is 5.69 Å². The standard InChI is InChI=1S/C15H21FN2O/c1-10-4-3-9-15(11(10)2,14(17)19)18-13-7-5-12(16)6-8-13/h5-8,10-11,18H,3-4,9H2,1-2H3,(H2,17,19). The summed E-state index contributed by atoms with van der Waals surface area (Å²) in [7, 11) is 0. The maximum absolute atomic E-state index is 12.9. The number of benzene rings is 1. The molecule has 19 heavy (non-hydrogen) atoms. The summed E-state index contributed by atoms with van der Waals surface area (Å²) in [4.78, 5) is 12.0. The molecule has 1 aliphatic rings. The van der Waals surface area contributed by atoms with Crippen LogP contribution in [-0.2, 0) is 4.79 Å². The molecule has 1 aromatic rings. The molecular weight excluding hydrogens is 243 g/mol. The lowest BCUT2D eigenvalue weighted by atomic mass is 9.67. The van der Waals surface area contributed by atoms with Crippen LogP contribution >= 0.6 is 0 Å². The highest BCUT2D eigenvalue weighted by Crippen LogP contribution is 2.39. The van der Waals surface area contributed by atoms with Crippen LogP contribution in [0, 0.1) is 17.7 Å². The number of hydrogen-bond donors (Lipinski definition) is 2. The highest BCUT2D eigenvalue weighted by atomic mass is 19.1. The fraction of sp³-hybridized carbons (Fsp3) is 0.533. The van der Waals surface area contributed by atoms with Crippen LogP contribution in [0.1, 0.15) is 33.1 Å². The summed E-state index contributed by atoms with van der Waals surface area (Å²) in [5.74, 6) is -0.0161. The molecule has 1 saturated carbocycles. The van der Waals surface area contributed by atoms with Crippen LogP contribution in [0.25, 0.3) is 0 Å². The molecule has 0 aliphatic heterocycles. The summed E-state index contributed by atoms with van der Waals surface area (Å²) in [6, 6.07) is 6.06. The van der Waals surface area contributed by atoms with Crippen LogP contribution in [0.3, 0.4) is 0 Å². The van der Waals surface area contributed by atoms with Gasteiger partial charge in [0.1, 0.15) is 11.4 Å². The number of amides is 1. The van der Waals surface area contributed by atoms with Crippen molar-refractivity contribution in [3.63, 3.8) is 0 Å². The van der Waals surface area contributed by atoms with Crippen LogP contribution in [0.15, 0.2) is 24.3 Å². The Morgan fingerprint density at radius 3 is 2.58 bits per heavy atom. The number of rotatable bonds is 3. The van der Waals surface area contributed by atoms with Gasteiger partial charge in [-0.15, -0.1) is 0 Å². The van der Waals surface area contributed by atoms with Crippen LogP contribution in [-0.4, -0.2) is 11.4 Å². The van der Waals surface area contributed by atoms with Gasteiger partial charge >= 0.3 is 0 Å². The van der Waals surface area contributed by atoms with E-state index in [0.29, 0.717) is 5.92 Å². The minimum absolute atomic E-state index is 0.156. The van der Waals surface area contributed by atoms with Gasteiger partial charge in [-0.1, -0.05) is 26.7 Å². The van der Waals surface area contributed by atoms with E-state index in [-0.39, 0.29) is 17.6 Å². The van der Waals surface area contributed by atoms with E-state index in [0.717, 1.165) is 24.9 Å².